The van der Waals surface area contributed by atoms with Gasteiger partial charge in [0.05, 0.1) is 34.5 Å². The van der Waals surface area contributed by atoms with E-state index in [9.17, 15) is 9.59 Å². The molecule has 0 unspecified atom stereocenters. The Kier molecular flexibility index (Phi) is 9.88. The van der Waals surface area contributed by atoms with Crippen LogP contribution in [0.25, 0.3) is 22.4 Å². The van der Waals surface area contributed by atoms with Gasteiger partial charge in [0.15, 0.2) is 11.6 Å². The lowest BCUT2D eigenvalue weighted by atomic mass is 10.00. The molecule has 0 aliphatic carbocycles. The van der Waals surface area contributed by atoms with Crippen LogP contribution in [-0.2, 0) is 22.7 Å². The molecule has 1 amide bonds. The van der Waals surface area contributed by atoms with E-state index in [-0.39, 0.29) is 24.3 Å². The third-order valence-electron chi connectivity index (χ3n) is 8.45. The number of nitrogens with zero attached hydrogens (tertiary/aromatic N) is 3. The van der Waals surface area contributed by atoms with Gasteiger partial charge in [-0.25, -0.2) is 9.37 Å². The van der Waals surface area contributed by atoms with Gasteiger partial charge < -0.3 is 25.8 Å². The van der Waals surface area contributed by atoms with Crippen LogP contribution in [0, 0.1) is 11.7 Å². The smallest absolute Gasteiger partial charge is 0.309 e. The minimum Gasteiger partial charge on any atom is -0.496 e. The molecular formula is C34H33Cl2FN6O4. The van der Waals surface area contributed by atoms with Gasteiger partial charge in [-0.05, 0) is 30.7 Å². The first-order chi connectivity index (χ1) is 22.7. The van der Waals surface area contributed by atoms with Gasteiger partial charge >= 0.3 is 5.97 Å². The van der Waals surface area contributed by atoms with Crippen molar-refractivity contribution in [2.45, 2.75) is 32.0 Å². The maximum absolute atomic E-state index is 15.5. The van der Waals surface area contributed by atoms with E-state index in [1.165, 1.54) is 6.20 Å². The van der Waals surface area contributed by atoms with Crippen LogP contribution in [0.3, 0.4) is 0 Å². The summed E-state index contributed by atoms with van der Waals surface area (Å²) in [6.45, 7) is 2.26. The summed E-state index contributed by atoms with van der Waals surface area (Å²) in [5.41, 5.74) is 4.35. The molecule has 0 radical (unpaired) electrons. The lowest BCUT2D eigenvalue weighted by Crippen LogP contribution is -2.49. The number of aromatic nitrogens is 2. The minimum absolute atomic E-state index is 0.00745. The number of likely N-dealkylation sites (tertiary alicyclic amines) is 1. The van der Waals surface area contributed by atoms with Crippen LogP contribution in [0.5, 0.6) is 5.75 Å². The number of nitrogens with one attached hydrogen (secondary N) is 3. The van der Waals surface area contributed by atoms with Crippen LogP contribution in [-0.4, -0.2) is 64.6 Å². The molecule has 2 saturated heterocycles. The highest BCUT2D eigenvalue weighted by Gasteiger charge is 2.33. The topological polar surface area (TPSA) is 129 Å². The standard InChI is InChI=1S/C34H33Cl2FN6O4/c1-47-27-13-19(5-6-20(27)14-38-15-23-7-8-28(44)41-23)32-30(36)25(10-12-39-32)24-3-2-4-26(29(24)35)42-33-31(37)21(9-11-40-33)16-43-17-22(18-43)34(45)46/h2-6,9-13,22-23,38H,7-8,14-18H2,1H3,(H,40,42)(H,41,44)(H,45,46)/t23-/m1/s1. The summed E-state index contributed by atoms with van der Waals surface area (Å²) in [6, 6.07) is 14.6. The quantitative estimate of drug-likeness (QED) is 0.145. The first kappa shape index (κ1) is 32.6. The Morgan fingerprint density at radius 3 is 2.62 bits per heavy atom. The first-order valence-electron chi connectivity index (χ1n) is 15.2. The van der Waals surface area contributed by atoms with Crippen molar-refractivity contribution < 1.29 is 23.8 Å². The monoisotopic (exact) mass is 678 g/mol. The molecule has 1 atom stereocenters. The average molecular weight is 680 g/mol. The van der Waals surface area contributed by atoms with Crippen LogP contribution in [0.4, 0.5) is 15.9 Å². The number of pyridine rings is 2. The number of methoxy groups -OCH3 is 1. The number of aliphatic carboxylic acids is 1. The largest absolute Gasteiger partial charge is 0.496 e. The third-order valence-corrected chi connectivity index (χ3v) is 9.24. The van der Waals surface area contributed by atoms with Crippen LogP contribution in [0.15, 0.2) is 60.9 Å². The Morgan fingerprint density at radius 2 is 1.87 bits per heavy atom. The van der Waals surface area contributed by atoms with Crippen molar-refractivity contribution in [1.82, 2.24) is 25.5 Å². The molecular weight excluding hydrogens is 646 g/mol. The van der Waals surface area contributed by atoms with E-state index in [4.69, 9.17) is 33.0 Å². The van der Waals surface area contributed by atoms with E-state index >= 15 is 4.39 Å². The molecule has 4 aromatic rings. The summed E-state index contributed by atoms with van der Waals surface area (Å²) in [5.74, 6) is -1.04. The molecule has 0 spiro atoms. The Labute approximate surface area is 281 Å². The van der Waals surface area contributed by atoms with Crippen LogP contribution >= 0.6 is 23.2 Å². The molecule has 47 heavy (non-hydrogen) atoms. The van der Waals surface area contributed by atoms with Crippen molar-refractivity contribution in [3.05, 3.63) is 87.9 Å². The van der Waals surface area contributed by atoms with E-state index < -0.39 is 17.7 Å². The van der Waals surface area contributed by atoms with Gasteiger partial charge in [-0.2, -0.15) is 0 Å². The zero-order valence-electron chi connectivity index (χ0n) is 25.5. The zero-order valence-corrected chi connectivity index (χ0v) is 27.0. The van der Waals surface area contributed by atoms with Crippen molar-refractivity contribution in [3.63, 3.8) is 0 Å². The molecule has 0 bridgehead atoms. The number of hydrogen-bond acceptors (Lipinski definition) is 8. The minimum atomic E-state index is -0.843. The number of carbonyl (C=O) groups is 2. The molecule has 2 aromatic heterocycles. The number of benzene rings is 2. The first-order valence-corrected chi connectivity index (χ1v) is 15.9. The number of carboxylic acid groups (broad SMARTS) is 1. The molecule has 2 fully saturated rings. The number of rotatable bonds is 12. The molecule has 4 N–H and O–H groups in total. The number of halogens is 3. The highest BCUT2D eigenvalue weighted by Crippen LogP contribution is 2.42. The van der Waals surface area contributed by atoms with Crippen molar-refractivity contribution in [1.29, 1.82) is 0 Å². The highest BCUT2D eigenvalue weighted by atomic mass is 35.5. The normalized spacial score (nSPS) is 16.5. The average Bonchev–Trinajstić information content (AvgIpc) is 3.46. The van der Waals surface area contributed by atoms with Crippen molar-refractivity contribution in [2.75, 3.05) is 32.1 Å². The molecule has 244 valence electrons. The number of carboxylic acids is 1. The van der Waals surface area contributed by atoms with Crippen LogP contribution < -0.4 is 20.7 Å². The van der Waals surface area contributed by atoms with Gasteiger partial charge in [-0.15, -0.1) is 0 Å². The second kappa shape index (κ2) is 14.2. The van der Waals surface area contributed by atoms with E-state index in [0.717, 1.165) is 17.5 Å². The molecule has 13 heteroatoms. The number of carbonyl (C=O) groups excluding carboxylic acids is 1. The Bertz CT molecular complexity index is 1820. The predicted octanol–water partition coefficient (Wildman–Crippen LogP) is 5.89. The van der Waals surface area contributed by atoms with E-state index in [1.54, 1.807) is 37.6 Å². The highest BCUT2D eigenvalue weighted by molar-refractivity contribution is 6.39. The van der Waals surface area contributed by atoms with Crippen molar-refractivity contribution >= 4 is 46.6 Å². The van der Waals surface area contributed by atoms with Gasteiger partial charge in [-0.1, -0.05) is 47.5 Å². The Morgan fingerprint density at radius 1 is 1.09 bits per heavy atom. The summed E-state index contributed by atoms with van der Waals surface area (Å²) in [6.07, 6.45) is 4.54. The molecule has 0 saturated carbocycles. The van der Waals surface area contributed by atoms with E-state index in [1.807, 2.05) is 29.2 Å². The molecule has 2 aliphatic heterocycles. The van der Waals surface area contributed by atoms with Crippen LogP contribution in [0.2, 0.25) is 10.0 Å². The summed E-state index contributed by atoms with van der Waals surface area (Å²) in [4.78, 5) is 33.2. The van der Waals surface area contributed by atoms with Crippen molar-refractivity contribution in [3.8, 4) is 28.1 Å². The lowest BCUT2D eigenvalue weighted by molar-refractivity contribution is -0.147. The predicted molar refractivity (Wildman–Crippen MR) is 178 cm³/mol. The fourth-order valence-electron chi connectivity index (χ4n) is 5.86. The molecule has 2 aliphatic rings. The maximum atomic E-state index is 15.5. The van der Waals surface area contributed by atoms with Gasteiger partial charge in [-0.3, -0.25) is 19.5 Å². The third kappa shape index (κ3) is 7.18. The second-order valence-electron chi connectivity index (χ2n) is 11.6. The maximum Gasteiger partial charge on any atom is 0.309 e. The van der Waals surface area contributed by atoms with Gasteiger partial charge in [0, 0.05) is 85.4 Å². The number of ether oxygens (including phenoxy) is 1. The summed E-state index contributed by atoms with van der Waals surface area (Å²) in [7, 11) is 1.61. The fourth-order valence-corrected chi connectivity index (χ4v) is 6.45. The Balaban J connectivity index is 1.20. The van der Waals surface area contributed by atoms with Crippen molar-refractivity contribution in [2.24, 2.45) is 5.92 Å². The second-order valence-corrected chi connectivity index (χ2v) is 12.4. The SMILES string of the molecule is COc1cc(-c2nccc(-c3cccc(Nc4nccc(CN5CC(C(=O)O)C5)c4F)c3Cl)c2Cl)ccc1CNC[C@H]1CCC(=O)N1. The molecule has 4 heterocycles. The number of anilines is 2. The summed E-state index contributed by atoms with van der Waals surface area (Å²) in [5, 5.41) is 19.2. The van der Waals surface area contributed by atoms with E-state index in [2.05, 4.69) is 25.9 Å². The van der Waals surface area contributed by atoms with Gasteiger partial charge in [0.25, 0.3) is 0 Å². The fraction of sp³-hybridized carbons (Fsp3) is 0.294. The van der Waals surface area contributed by atoms with Gasteiger partial charge in [0.2, 0.25) is 5.91 Å². The van der Waals surface area contributed by atoms with E-state index in [0.29, 0.717) is 76.5 Å². The summed E-state index contributed by atoms with van der Waals surface area (Å²) < 4.78 is 21.2. The summed E-state index contributed by atoms with van der Waals surface area (Å²) >= 11 is 13.8. The zero-order chi connectivity index (χ0) is 33.1. The molecule has 2 aromatic carbocycles. The number of amides is 1. The molecule has 10 nitrogen and oxygen atoms in total. The Hall–Kier alpha value is -4.29. The molecule has 6 rings (SSSR count). The lowest BCUT2D eigenvalue weighted by Gasteiger charge is -2.36. The van der Waals surface area contributed by atoms with Gasteiger partial charge in [0.1, 0.15) is 5.75 Å². The number of hydrogen-bond donors (Lipinski definition) is 4. The van der Waals surface area contributed by atoms with Crippen LogP contribution in [0.1, 0.15) is 24.0 Å².